The largest absolute Gasteiger partial charge is 0.370 e. The lowest BCUT2D eigenvalue weighted by Gasteiger charge is -2.26. The molecule has 0 bridgehead atoms. The molecule has 0 saturated carbocycles. The summed E-state index contributed by atoms with van der Waals surface area (Å²) >= 11 is 3.41. The van der Waals surface area contributed by atoms with Crippen molar-refractivity contribution in [2.45, 2.75) is 31.5 Å². The second-order valence-electron chi connectivity index (χ2n) is 2.62. The molecule has 1 fully saturated rings. The molecule has 0 aromatic carbocycles. The predicted octanol–water partition coefficient (Wildman–Crippen LogP) is 2.51. The Morgan fingerprint density at radius 1 is 1.60 bits per heavy atom. The molecule has 10 heavy (non-hydrogen) atoms. The highest BCUT2D eigenvalue weighted by Crippen LogP contribution is 2.20. The molecule has 1 nitrogen and oxygen atoms in total. The van der Waals surface area contributed by atoms with Crippen LogP contribution < -0.4 is 0 Å². The number of hydrogen-bond donors (Lipinski definition) is 0. The Balaban J connectivity index is 2.31. The number of alkyl halides is 1. The van der Waals surface area contributed by atoms with Crippen LogP contribution in [0.4, 0.5) is 0 Å². The minimum absolute atomic E-state index is 0.302. The molecule has 0 unspecified atom stereocenters. The monoisotopic (exact) mass is 204 g/mol. The highest BCUT2D eigenvalue weighted by atomic mass is 79.9. The molecule has 1 rings (SSSR count). The number of halogens is 1. The minimum atomic E-state index is 0.302. The summed E-state index contributed by atoms with van der Waals surface area (Å²) in [4.78, 5) is 0. The van der Waals surface area contributed by atoms with E-state index in [0.29, 0.717) is 12.2 Å². The summed E-state index contributed by atoms with van der Waals surface area (Å²) < 4.78 is 5.62. The van der Waals surface area contributed by atoms with E-state index >= 15 is 0 Å². The summed E-state index contributed by atoms with van der Waals surface area (Å²) in [5, 5.41) is 0.956. The summed E-state index contributed by atoms with van der Waals surface area (Å²) in [5.41, 5.74) is 0. The van der Waals surface area contributed by atoms with E-state index in [9.17, 15) is 0 Å². The molecule has 1 aliphatic heterocycles. The maximum absolute atomic E-state index is 5.62. The van der Waals surface area contributed by atoms with E-state index in [1.807, 2.05) is 6.08 Å². The zero-order chi connectivity index (χ0) is 7.40. The fraction of sp³-hybridized carbons (Fsp3) is 0.750. The van der Waals surface area contributed by atoms with Crippen molar-refractivity contribution in [3.05, 3.63) is 12.7 Å². The van der Waals surface area contributed by atoms with Crippen LogP contribution in [0.3, 0.4) is 0 Å². The van der Waals surface area contributed by atoms with E-state index in [1.165, 1.54) is 12.8 Å². The van der Waals surface area contributed by atoms with Gasteiger partial charge in [0.05, 0.1) is 12.2 Å². The van der Waals surface area contributed by atoms with Crippen LogP contribution in [-0.4, -0.2) is 17.5 Å². The van der Waals surface area contributed by atoms with Crippen LogP contribution in [-0.2, 0) is 4.74 Å². The van der Waals surface area contributed by atoms with Crippen molar-refractivity contribution in [2.24, 2.45) is 0 Å². The third kappa shape index (κ3) is 2.10. The van der Waals surface area contributed by atoms with E-state index in [2.05, 4.69) is 22.5 Å². The lowest BCUT2D eigenvalue weighted by Crippen LogP contribution is -2.26. The molecule has 58 valence electrons. The third-order valence-electron chi connectivity index (χ3n) is 1.82. The molecule has 1 saturated heterocycles. The van der Waals surface area contributed by atoms with Crippen molar-refractivity contribution >= 4 is 15.9 Å². The molecule has 1 heterocycles. The van der Waals surface area contributed by atoms with Gasteiger partial charge in [-0.1, -0.05) is 22.0 Å². The van der Waals surface area contributed by atoms with Crippen LogP contribution in [0.2, 0.25) is 0 Å². The molecular formula is C8H13BrO. The van der Waals surface area contributed by atoms with Gasteiger partial charge in [0.2, 0.25) is 0 Å². The topological polar surface area (TPSA) is 9.23 Å². The molecule has 2 heteroatoms. The second-order valence-corrected chi connectivity index (χ2v) is 3.26. The standard InChI is InChI=1S/C8H13BrO/c1-2-7-4-3-5-8(6-9)10-7/h2,7-8H,1,3-6H2/t7-,8+/m0/s1. The second kappa shape index (κ2) is 4.14. The summed E-state index contributed by atoms with van der Waals surface area (Å²) in [6, 6.07) is 0. The van der Waals surface area contributed by atoms with Crippen molar-refractivity contribution in [2.75, 3.05) is 5.33 Å². The highest BCUT2D eigenvalue weighted by Gasteiger charge is 2.18. The Morgan fingerprint density at radius 2 is 2.40 bits per heavy atom. The molecular weight excluding hydrogens is 192 g/mol. The Bertz CT molecular complexity index is 114. The Hall–Kier alpha value is 0.180. The molecule has 0 aromatic heterocycles. The van der Waals surface area contributed by atoms with Gasteiger partial charge < -0.3 is 4.74 Å². The fourth-order valence-electron chi connectivity index (χ4n) is 1.22. The van der Waals surface area contributed by atoms with Gasteiger partial charge in [0.25, 0.3) is 0 Å². The van der Waals surface area contributed by atoms with Crippen LogP contribution >= 0.6 is 15.9 Å². The van der Waals surface area contributed by atoms with Crippen molar-refractivity contribution in [3.8, 4) is 0 Å². The first kappa shape index (κ1) is 8.28. The molecule has 0 amide bonds. The lowest BCUT2D eigenvalue weighted by atomic mass is 10.1. The number of ether oxygens (including phenoxy) is 1. The van der Waals surface area contributed by atoms with Crippen LogP contribution in [0, 0.1) is 0 Å². The van der Waals surface area contributed by atoms with Crippen LogP contribution in [0.1, 0.15) is 19.3 Å². The molecule has 0 N–H and O–H groups in total. The SMILES string of the molecule is C=C[C@H]1CCC[C@H](CBr)O1. The van der Waals surface area contributed by atoms with Crippen molar-refractivity contribution in [1.29, 1.82) is 0 Å². The van der Waals surface area contributed by atoms with Crippen molar-refractivity contribution in [3.63, 3.8) is 0 Å². The third-order valence-corrected chi connectivity index (χ3v) is 2.54. The minimum Gasteiger partial charge on any atom is -0.370 e. The van der Waals surface area contributed by atoms with Crippen LogP contribution in [0.15, 0.2) is 12.7 Å². The zero-order valence-corrected chi connectivity index (χ0v) is 7.64. The zero-order valence-electron chi connectivity index (χ0n) is 6.05. The van der Waals surface area contributed by atoms with E-state index in [-0.39, 0.29) is 0 Å². The maximum atomic E-state index is 5.62. The van der Waals surface area contributed by atoms with Gasteiger partial charge in [-0.05, 0) is 19.3 Å². The average Bonchev–Trinajstić information content (AvgIpc) is 2.05. The van der Waals surface area contributed by atoms with Gasteiger partial charge in [-0.3, -0.25) is 0 Å². The lowest BCUT2D eigenvalue weighted by molar-refractivity contribution is -0.0105. The van der Waals surface area contributed by atoms with Gasteiger partial charge in [0.15, 0.2) is 0 Å². The van der Waals surface area contributed by atoms with Crippen molar-refractivity contribution < 1.29 is 4.74 Å². The first-order chi connectivity index (χ1) is 4.86. The number of rotatable bonds is 2. The molecule has 2 atom stereocenters. The first-order valence-electron chi connectivity index (χ1n) is 3.70. The summed E-state index contributed by atoms with van der Waals surface area (Å²) in [6.45, 7) is 3.71. The molecule has 0 spiro atoms. The fourth-order valence-corrected chi connectivity index (χ4v) is 1.69. The maximum Gasteiger partial charge on any atom is 0.0757 e. The smallest absolute Gasteiger partial charge is 0.0757 e. The molecule has 0 aliphatic carbocycles. The molecule has 0 aromatic rings. The van der Waals surface area contributed by atoms with Gasteiger partial charge >= 0.3 is 0 Å². The number of hydrogen-bond acceptors (Lipinski definition) is 1. The van der Waals surface area contributed by atoms with Crippen LogP contribution in [0.25, 0.3) is 0 Å². The Kier molecular flexibility index (Phi) is 3.43. The van der Waals surface area contributed by atoms with Gasteiger partial charge in [-0.15, -0.1) is 6.58 Å². The van der Waals surface area contributed by atoms with Gasteiger partial charge in [0.1, 0.15) is 0 Å². The summed E-state index contributed by atoms with van der Waals surface area (Å²) in [7, 11) is 0. The Morgan fingerprint density at radius 3 is 3.00 bits per heavy atom. The van der Waals surface area contributed by atoms with E-state index in [4.69, 9.17) is 4.74 Å². The van der Waals surface area contributed by atoms with E-state index in [1.54, 1.807) is 0 Å². The van der Waals surface area contributed by atoms with Gasteiger partial charge in [0, 0.05) is 5.33 Å². The Labute approximate surface area is 70.6 Å². The van der Waals surface area contributed by atoms with E-state index in [0.717, 1.165) is 11.8 Å². The summed E-state index contributed by atoms with van der Waals surface area (Å²) in [5.74, 6) is 0. The van der Waals surface area contributed by atoms with Gasteiger partial charge in [-0.25, -0.2) is 0 Å². The van der Waals surface area contributed by atoms with Gasteiger partial charge in [-0.2, -0.15) is 0 Å². The summed E-state index contributed by atoms with van der Waals surface area (Å²) in [6.07, 6.45) is 6.22. The quantitative estimate of drug-likeness (QED) is 0.497. The van der Waals surface area contributed by atoms with Crippen molar-refractivity contribution in [1.82, 2.24) is 0 Å². The highest BCUT2D eigenvalue weighted by molar-refractivity contribution is 9.09. The average molecular weight is 205 g/mol. The predicted molar refractivity (Wildman–Crippen MR) is 46.5 cm³/mol. The molecule has 0 radical (unpaired) electrons. The van der Waals surface area contributed by atoms with Crippen LogP contribution in [0.5, 0.6) is 0 Å². The van der Waals surface area contributed by atoms with E-state index < -0.39 is 0 Å². The molecule has 1 aliphatic rings. The normalized spacial score (nSPS) is 33.7. The first-order valence-corrected chi connectivity index (χ1v) is 4.83.